The van der Waals surface area contributed by atoms with Gasteiger partial charge in [-0.2, -0.15) is 0 Å². The zero-order valence-electron chi connectivity index (χ0n) is 11.1. The van der Waals surface area contributed by atoms with Crippen molar-refractivity contribution in [2.75, 3.05) is 31.2 Å². The van der Waals surface area contributed by atoms with Gasteiger partial charge in [0.15, 0.2) is 5.13 Å². The fraction of sp³-hybridized carbons (Fsp3) is 0.583. The largest absolute Gasteiger partial charge is 0.378 e. The standard InChI is InChI=1S/C12H17N3O3S/c1-3-10(15(16)17)8-11-9(2)13-12(19-11)14-4-6-18-7-5-14/h8H,3-7H2,1-2H3/b10-8+. The second-order valence-electron chi connectivity index (χ2n) is 4.29. The van der Waals surface area contributed by atoms with Gasteiger partial charge in [0.05, 0.1) is 28.7 Å². The highest BCUT2D eigenvalue weighted by atomic mass is 32.1. The summed E-state index contributed by atoms with van der Waals surface area (Å²) in [6, 6.07) is 0. The van der Waals surface area contributed by atoms with E-state index in [1.807, 2.05) is 6.92 Å². The quantitative estimate of drug-likeness (QED) is 0.626. The van der Waals surface area contributed by atoms with Crippen LogP contribution in [0.5, 0.6) is 0 Å². The lowest BCUT2D eigenvalue weighted by Gasteiger charge is -2.25. The van der Waals surface area contributed by atoms with E-state index in [4.69, 9.17) is 4.74 Å². The number of hydrogen-bond donors (Lipinski definition) is 0. The molecule has 1 aromatic rings. The van der Waals surface area contributed by atoms with Crippen molar-refractivity contribution in [3.05, 3.63) is 26.4 Å². The van der Waals surface area contributed by atoms with E-state index in [2.05, 4.69) is 9.88 Å². The Labute approximate surface area is 115 Å². The Kier molecular flexibility index (Phi) is 4.49. The molecule has 0 radical (unpaired) electrons. The average molecular weight is 283 g/mol. The molecule has 1 saturated heterocycles. The summed E-state index contributed by atoms with van der Waals surface area (Å²) >= 11 is 1.51. The molecule has 2 heterocycles. The maximum absolute atomic E-state index is 10.8. The number of thiazole rings is 1. The Bertz CT molecular complexity index is 492. The van der Waals surface area contributed by atoms with Gasteiger partial charge in [0.2, 0.25) is 5.70 Å². The van der Waals surface area contributed by atoms with Crippen LogP contribution in [0.4, 0.5) is 5.13 Å². The van der Waals surface area contributed by atoms with Gasteiger partial charge in [-0.15, -0.1) is 0 Å². The van der Waals surface area contributed by atoms with Crippen LogP contribution in [0.3, 0.4) is 0 Å². The smallest absolute Gasteiger partial charge is 0.247 e. The molecule has 6 nitrogen and oxygen atoms in total. The van der Waals surface area contributed by atoms with Crippen LogP contribution in [0.2, 0.25) is 0 Å². The molecule has 1 aliphatic rings. The fourth-order valence-electron chi connectivity index (χ4n) is 1.85. The number of morpholine rings is 1. The summed E-state index contributed by atoms with van der Waals surface area (Å²) in [6.45, 7) is 6.74. The first-order valence-corrected chi connectivity index (χ1v) is 7.08. The summed E-state index contributed by atoms with van der Waals surface area (Å²) in [6.07, 6.45) is 2.05. The minimum absolute atomic E-state index is 0.222. The average Bonchev–Trinajstić information content (AvgIpc) is 2.78. The fourth-order valence-corrected chi connectivity index (χ4v) is 2.93. The number of hydrogen-bond acceptors (Lipinski definition) is 6. The van der Waals surface area contributed by atoms with Gasteiger partial charge in [-0.05, 0) is 6.92 Å². The molecule has 0 N–H and O–H groups in total. The second-order valence-corrected chi connectivity index (χ2v) is 5.30. The van der Waals surface area contributed by atoms with Crippen molar-refractivity contribution in [1.82, 2.24) is 4.98 Å². The van der Waals surface area contributed by atoms with Crippen LogP contribution < -0.4 is 4.90 Å². The van der Waals surface area contributed by atoms with Crippen LogP contribution in [0.25, 0.3) is 6.08 Å². The third-order valence-electron chi connectivity index (χ3n) is 3.00. The molecule has 0 aliphatic carbocycles. The Morgan fingerprint density at radius 1 is 1.58 bits per heavy atom. The molecule has 0 saturated carbocycles. The molecular formula is C12H17N3O3S. The summed E-state index contributed by atoms with van der Waals surface area (Å²) < 4.78 is 5.31. The number of ether oxygens (including phenoxy) is 1. The van der Waals surface area contributed by atoms with Crippen LogP contribution in [0.1, 0.15) is 23.9 Å². The van der Waals surface area contributed by atoms with Gasteiger partial charge in [-0.25, -0.2) is 4.98 Å². The highest BCUT2D eigenvalue weighted by molar-refractivity contribution is 7.16. The lowest BCUT2D eigenvalue weighted by molar-refractivity contribution is -0.425. The van der Waals surface area contributed by atoms with E-state index in [1.165, 1.54) is 11.3 Å². The SMILES string of the molecule is CC/C(=C\c1sc(N2CCOCC2)nc1C)[N+](=O)[O-]. The van der Waals surface area contributed by atoms with Crippen LogP contribution >= 0.6 is 11.3 Å². The molecule has 0 atom stereocenters. The predicted octanol–water partition coefficient (Wildman–Crippen LogP) is 2.32. The van der Waals surface area contributed by atoms with Crippen molar-refractivity contribution >= 4 is 22.5 Å². The van der Waals surface area contributed by atoms with Gasteiger partial charge in [-0.1, -0.05) is 18.3 Å². The van der Waals surface area contributed by atoms with Gasteiger partial charge in [0, 0.05) is 25.6 Å². The third kappa shape index (κ3) is 3.30. The molecule has 2 rings (SSSR count). The molecule has 0 spiro atoms. The lowest BCUT2D eigenvalue weighted by Crippen LogP contribution is -2.36. The molecule has 1 aliphatic heterocycles. The zero-order chi connectivity index (χ0) is 13.8. The summed E-state index contributed by atoms with van der Waals surface area (Å²) in [5, 5.41) is 11.8. The van der Waals surface area contributed by atoms with Crippen molar-refractivity contribution in [3.8, 4) is 0 Å². The van der Waals surface area contributed by atoms with E-state index in [0.717, 1.165) is 28.8 Å². The van der Waals surface area contributed by atoms with Crippen molar-refractivity contribution in [2.24, 2.45) is 0 Å². The third-order valence-corrected chi connectivity index (χ3v) is 4.16. The summed E-state index contributed by atoms with van der Waals surface area (Å²) in [7, 11) is 0. The van der Waals surface area contributed by atoms with Gasteiger partial charge in [-0.3, -0.25) is 10.1 Å². The Balaban J connectivity index is 2.23. The first-order valence-electron chi connectivity index (χ1n) is 6.27. The van der Waals surface area contributed by atoms with Gasteiger partial charge < -0.3 is 9.64 Å². The topological polar surface area (TPSA) is 68.5 Å². The van der Waals surface area contributed by atoms with E-state index in [9.17, 15) is 10.1 Å². The summed E-state index contributed by atoms with van der Waals surface area (Å²) in [4.78, 5) is 18.1. The van der Waals surface area contributed by atoms with Gasteiger partial charge in [0.25, 0.3) is 0 Å². The molecular weight excluding hydrogens is 266 g/mol. The normalized spacial score (nSPS) is 16.7. The maximum atomic E-state index is 10.8. The molecule has 0 unspecified atom stereocenters. The van der Waals surface area contributed by atoms with Crippen molar-refractivity contribution in [1.29, 1.82) is 0 Å². The number of rotatable bonds is 4. The monoisotopic (exact) mass is 283 g/mol. The van der Waals surface area contributed by atoms with Crippen molar-refractivity contribution in [3.63, 3.8) is 0 Å². The van der Waals surface area contributed by atoms with E-state index >= 15 is 0 Å². The molecule has 19 heavy (non-hydrogen) atoms. The maximum Gasteiger partial charge on any atom is 0.247 e. The van der Waals surface area contributed by atoms with E-state index < -0.39 is 0 Å². The highest BCUT2D eigenvalue weighted by Gasteiger charge is 2.17. The zero-order valence-corrected chi connectivity index (χ0v) is 11.9. The molecule has 0 bridgehead atoms. The number of nitro groups is 1. The minimum Gasteiger partial charge on any atom is -0.378 e. The van der Waals surface area contributed by atoms with Crippen LogP contribution in [-0.2, 0) is 4.74 Å². The number of anilines is 1. The van der Waals surface area contributed by atoms with Gasteiger partial charge in [0.1, 0.15) is 0 Å². The Hall–Kier alpha value is -1.47. The predicted molar refractivity (Wildman–Crippen MR) is 75.1 cm³/mol. The van der Waals surface area contributed by atoms with E-state index in [1.54, 1.807) is 13.0 Å². The van der Waals surface area contributed by atoms with Crippen LogP contribution in [0.15, 0.2) is 5.70 Å². The molecule has 0 aromatic carbocycles. The van der Waals surface area contributed by atoms with Crippen molar-refractivity contribution < 1.29 is 9.66 Å². The first-order chi connectivity index (χ1) is 9.11. The first kappa shape index (κ1) is 14.0. The Morgan fingerprint density at radius 3 is 2.84 bits per heavy atom. The highest BCUT2D eigenvalue weighted by Crippen LogP contribution is 2.28. The van der Waals surface area contributed by atoms with Crippen molar-refractivity contribution in [2.45, 2.75) is 20.3 Å². The van der Waals surface area contributed by atoms with E-state index in [-0.39, 0.29) is 10.6 Å². The number of allylic oxidation sites excluding steroid dienone is 1. The Morgan fingerprint density at radius 2 is 2.26 bits per heavy atom. The van der Waals surface area contributed by atoms with Crippen LogP contribution in [-0.4, -0.2) is 36.2 Å². The van der Waals surface area contributed by atoms with Gasteiger partial charge >= 0.3 is 0 Å². The summed E-state index contributed by atoms with van der Waals surface area (Å²) in [5.41, 5.74) is 1.07. The molecule has 0 amide bonds. The second kappa shape index (κ2) is 6.12. The molecule has 1 fully saturated rings. The number of aryl methyl sites for hydroxylation is 1. The summed E-state index contributed by atoms with van der Waals surface area (Å²) in [5.74, 6) is 0. The molecule has 1 aromatic heterocycles. The van der Waals surface area contributed by atoms with Crippen LogP contribution in [0, 0.1) is 17.0 Å². The van der Waals surface area contributed by atoms with E-state index in [0.29, 0.717) is 19.6 Å². The minimum atomic E-state index is -0.326. The lowest BCUT2D eigenvalue weighted by atomic mass is 10.3. The molecule has 7 heteroatoms. The number of aromatic nitrogens is 1. The number of nitrogens with zero attached hydrogens (tertiary/aromatic N) is 3. The molecule has 104 valence electrons.